The van der Waals surface area contributed by atoms with E-state index in [9.17, 15) is 13.6 Å². The van der Waals surface area contributed by atoms with Crippen molar-refractivity contribution in [1.29, 1.82) is 0 Å². The van der Waals surface area contributed by atoms with Crippen molar-refractivity contribution in [3.63, 3.8) is 0 Å². The third-order valence-electron chi connectivity index (χ3n) is 2.67. The number of hydrogen-bond acceptors (Lipinski definition) is 2. The predicted octanol–water partition coefficient (Wildman–Crippen LogP) is 4.02. The Bertz CT molecular complexity index is 664. The Labute approximate surface area is 125 Å². The highest BCUT2D eigenvalue weighted by Crippen LogP contribution is 2.23. The molecule has 6 heteroatoms. The molecule has 0 heterocycles. The van der Waals surface area contributed by atoms with Crippen LogP contribution < -0.4 is 10.1 Å². The minimum Gasteiger partial charge on any atom is -0.481 e. The van der Waals surface area contributed by atoms with Crippen LogP contribution in [0.2, 0.25) is 5.02 Å². The molecule has 3 nitrogen and oxygen atoms in total. The number of ether oxygens (including phenoxy) is 1. The van der Waals surface area contributed by atoms with Crippen LogP contribution in [0.5, 0.6) is 5.75 Å². The smallest absolute Gasteiger partial charge is 0.265 e. The van der Waals surface area contributed by atoms with Gasteiger partial charge in [-0.15, -0.1) is 0 Å². The number of rotatable bonds is 4. The molecule has 0 bridgehead atoms. The summed E-state index contributed by atoms with van der Waals surface area (Å²) in [5, 5.41) is 2.60. The maximum absolute atomic E-state index is 13.0. The van der Waals surface area contributed by atoms with Crippen molar-refractivity contribution in [2.45, 2.75) is 13.0 Å². The van der Waals surface area contributed by atoms with Crippen LogP contribution in [0.15, 0.2) is 42.5 Å². The molecule has 2 aromatic rings. The second-order valence-electron chi connectivity index (χ2n) is 4.33. The van der Waals surface area contributed by atoms with Gasteiger partial charge in [0, 0.05) is 6.07 Å². The van der Waals surface area contributed by atoms with Gasteiger partial charge in [0.1, 0.15) is 17.4 Å². The lowest BCUT2D eigenvalue weighted by Crippen LogP contribution is -2.30. The highest BCUT2D eigenvalue weighted by molar-refractivity contribution is 6.33. The summed E-state index contributed by atoms with van der Waals surface area (Å²) in [7, 11) is 0. The van der Waals surface area contributed by atoms with Crippen molar-refractivity contribution >= 4 is 23.2 Å². The summed E-state index contributed by atoms with van der Waals surface area (Å²) in [6.07, 6.45) is -0.868. The molecule has 0 aliphatic rings. The standard InChI is InChI=1S/C15H12ClF2NO2/c1-9(21-12-4-2-3-10(17)7-12)15(20)19-14-6-5-11(18)8-13(14)16/h2-9H,1H3,(H,19,20)/t9-/m0/s1. The summed E-state index contributed by atoms with van der Waals surface area (Å²) < 4.78 is 31.3. The molecular weight excluding hydrogens is 300 g/mol. The van der Waals surface area contributed by atoms with E-state index in [2.05, 4.69) is 5.32 Å². The number of halogens is 3. The molecular formula is C15H12ClF2NO2. The van der Waals surface area contributed by atoms with Crippen LogP contribution in [-0.2, 0) is 4.79 Å². The average Bonchev–Trinajstić information content (AvgIpc) is 2.41. The quantitative estimate of drug-likeness (QED) is 0.926. The third-order valence-corrected chi connectivity index (χ3v) is 2.98. The van der Waals surface area contributed by atoms with Crippen molar-refractivity contribution in [2.75, 3.05) is 5.32 Å². The zero-order valence-corrected chi connectivity index (χ0v) is 11.8. The molecule has 110 valence electrons. The van der Waals surface area contributed by atoms with E-state index in [0.29, 0.717) is 0 Å². The normalized spacial score (nSPS) is 11.8. The lowest BCUT2D eigenvalue weighted by Gasteiger charge is -2.15. The molecule has 0 aliphatic carbocycles. The van der Waals surface area contributed by atoms with Crippen LogP contribution in [-0.4, -0.2) is 12.0 Å². The zero-order chi connectivity index (χ0) is 15.4. The average molecular weight is 312 g/mol. The first-order valence-electron chi connectivity index (χ1n) is 6.14. The van der Waals surface area contributed by atoms with Gasteiger partial charge in [-0.3, -0.25) is 4.79 Å². The number of amides is 1. The molecule has 0 spiro atoms. The van der Waals surface area contributed by atoms with Gasteiger partial charge in [-0.25, -0.2) is 8.78 Å². The number of nitrogens with one attached hydrogen (secondary N) is 1. The van der Waals surface area contributed by atoms with Crippen LogP contribution in [0.25, 0.3) is 0 Å². The highest BCUT2D eigenvalue weighted by Gasteiger charge is 2.16. The first-order chi connectivity index (χ1) is 9.95. The molecule has 0 aliphatic heterocycles. The van der Waals surface area contributed by atoms with Crippen molar-refractivity contribution in [2.24, 2.45) is 0 Å². The van der Waals surface area contributed by atoms with E-state index in [1.165, 1.54) is 43.3 Å². The Morgan fingerprint density at radius 3 is 2.57 bits per heavy atom. The summed E-state index contributed by atoms with van der Waals surface area (Å²) in [6, 6.07) is 9.09. The summed E-state index contributed by atoms with van der Waals surface area (Å²) >= 11 is 5.81. The first kappa shape index (κ1) is 15.3. The molecule has 2 rings (SSSR count). The van der Waals surface area contributed by atoms with Gasteiger partial charge < -0.3 is 10.1 Å². The molecule has 1 N–H and O–H groups in total. The van der Waals surface area contributed by atoms with Crippen LogP contribution in [0.1, 0.15) is 6.92 Å². The molecule has 0 unspecified atom stereocenters. The van der Waals surface area contributed by atoms with Gasteiger partial charge >= 0.3 is 0 Å². The summed E-state index contributed by atoms with van der Waals surface area (Å²) in [5.41, 5.74) is 0.276. The Morgan fingerprint density at radius 2 is 1.90 bits per heavy atom. The molecule has 21 heavy (non-hydrogen) atoms. The number of anilines is 1. The van der Waals surface area contributed by atoms with Crippen LogP contribution >= 0.6 is 11.6 Å². The van der Waals surface area contributed by atoms with Gasteiger partial charge in [0.15, 0.2) is 6.10 Å². The Balaban J connectivity index is 2.02. The number of hydrogen-bond donors (Lipinski definition) is 1. The van der Waals surface area contributed by atoms with E-state index in [4.69, 9.17) is 16.3 Å². The first-order valence-corrected chi connectivity index (χ1v) is 6.51. The van der Waals surface area contributed by atoms with Gasteiger partial charge in [-0.05, 0) is 37.3 Å². The van der Waals surface area contributed by atoms with Gasteiger partial charge in [0.05, 0.1) is 10.7 Å². The number of carbonyl (C=O) groups is 1. The fourth-order valence-electron chi connectivity index (χ4n) is 1.62. The maximum Gasteiger partial charge on any atom is 0.265 e. The molecule has 0 fully saturated rings. The number of benzene rings is 2. The zero-order valence-electron chi connectivity index (χ0n) is 11.1. The van der Waals surface area contributed by atoms with Crippen molar-refractivity contribution in [3.05, 3.63) is 59.1 Å². The van der Waals surface area contributed by atoms with E-state index in [-0.39, 0.29) is 16.5 Å². The minimum absolute atomic E-state index is 0.0845. The largest absolute Gasteiger partial charge is 0.481 e. The van der Waals surface area contributed by atoms with Crippen molar-refractivity contribution < 1.29 is 18.3 Å². The van der Waals surface area contributed by atoms with Crippen molar-refractivity contribution in [3.8, 4) is 5.75 Å². The molecule has 0 radical (unpaired) electrons. The molecule has 0 saturated heterocycles. The van der Waals surface area contributed by atoms with E-state index in [1.807, 2.05) is 0 Å². The van der Waals surface area contributed by atoms with Gasteiger partial charge in [0.25, 0.3) is 5.91 Å². The van der Waals surface area contributed by atoms with Crippen LogP contribution in [0, 0.1) is 11.6 Å². The lowest BCUT2D eigenvalue weighted by atomic mass is 10.3. The van der Waals surface area contributed by atoms with Crippen LogP contribution in [0.4, 0.5) is 14.5 Å². The molecule has 2 aromatic carbocycles. The second kappa shape index (κ2) is 6.54. The minimum atomic E-state index is -0.868. The Morgan fingerprint density at radius 1 is 1.19 bits per heavy atom. The molecule has 1 atom stereocenters. The fraction of sp³-hybridized carbons (Fsp3) is 0.133. The number of carbonyl (C=O) groups excluding carboxylic acids is 1. The molecule has 0 saturated carbocycles. The monoisotopic (exact) mass is 311 g/mol. The van der Waals surface area contributed by atoms with Crippen molar-refractivity contribution in [1.82, 2.24) is 0 Å². The van der Waals surface area contributed by atoms with Gasteiger partial charge in [0.2, 0.25) is 0 Å². The Kier molecular flexibility index (Phi) is 4.75. The third kappa shape index (κ3) is 4.16. The predicted molar refractivity (Wildman–Crippen MR) is 76.5 cm³/mol. The van der Waals surface area contributed by atoms with Gasteiger partial charge in [-0.1, -0.05) is 17.7 Å². The second-order valence-corrected chi connectivity index (χ2v) is 4.74. The van der Waals surface area contributed by atoms with E-state index in [1.54, 1.807) is 0 Å². The molecule has 0 aromatic heterocycles. The summed E-state index contributed by atoms with van der Waals surface area (Å²) in [6.45, 7) is 1.51. The summed E-state index contributed by atoms with van der Waals surface area (Å²) in [5.74, 6) is -1.20. The lowest BCUT2D eigenvalue weighted by molar-refractivity contribution is -0.122. The van der Waals surface area contributed by atoms with Gasteiger partial charge in [-0.2, -0.15) is 0 Å². The molecule has 1 amide bonds. The summed E-state index contributed by atoms with van der Waals surface area (Å²) in [4.78, 5) is 12.0. The van der Waals surface area contributed by atoms with Crippen LogP contribution in [0.3, 0.4) is 0 Å². The van der Waals surface area contributed by atoms with E-state index in [0.717, 1.165) is 6.07 Å². The highest BCUT2D eigenvalue weighted by atomic mass is 35.5. The topological polar surface area (TPSA) is 38.3 Å². The fourth-order valence-corrected chi connectivity index (χ4v) is 1.84. The van der Waals surface area contributed by atoms with E-state index >= 15 is 0 Å². The Hall–Kier alpha value is -2.14. The SMILES string of the molecule is C[C@H](Oc1cccc(F)c1)C(=O)Nc1ccc(F)cc1Cl. The van der Waals surface area contributed by atoms with E-state index < -0.39 is 23.6 Å². The maximum atomic E-state index is 13.0.